The van der Waals surface area contributed by atoms with Gasteiger partial charge in [-0.3, -0.25) is 0 Å². The minimum absolute atomic E-state index is 0.116. The third-order valence-corrected chi connectivity index (χ3v) is 5.07. The van der Waals surface area contributed by atoms with Gasteiger partial charge in [0.1, 0.15) is 11.5 Å². The molecule has 0 heterocycles. The molecule has 0 bridgehead atoms. The van der Waals surface area contributed by atoms with E-state index in [0.717, 1.165) is 12.2 Å². The van der Waals surface area contributed by atoms with Crippen LogP contribution < -0.4 is 9.47 Å². The van der Waals surface area contributed by atoms with Crippen molar-refractivity contribution in [1.82, 2.24) is 0 Å². The zero-order valence-corrected chi connectivity index (χ0v) is 21.8. The van der Waals surface area contributed by atoms with Crippen molar-refractivity contribution in [2.45, 2.75) is 0 Å². The monoisotopic (exact) mass is 574 g/mol. The lowest BCUT2D eigenvalue weighted by Gasteiger charge is -2.08. The van der Waals surface area contributed by atoms with Gasteiger partial charge in [0, 0.05) is 12.2 Å². The lowest BCUT2D eigenvalue weighted by atomic mass is 10.1. The number of ether oxygens (including phenoxy) is 6. The Morgan fingerprint density at radius 1 is 0.452 bits per heavy atom. The van der Waals surface area contributed by atoms with Gasteiger partial charge in [-0.05, 0) is 72.8 Å². The first kappa shape index (κ1) is 30.5. The topological polar surface area (TPSA) is 158 Å². The number of esters is 6. The van der Waals surface area contributed by atoms with Gasteiger partial charge in [0.2, 0.25) is 13.6 Å². The molecule has 3 rings (SSSR count). The molecule has 0 spiro atoms. The summed E-state index contributed by atoms with van der Waals surface area (Å²) in [6, 6.07) is 16.4. The first-order chi connectivity index (χ1) is 20.2. The largest absolute Gasteiger partial charge is 0.425 e. The zero-order chi connectivity index (χ0) is 30.5. The molecule has 3 aromatic rings. The first-order valence-electron chi connectivity index (χ1n) is 11.9. The van der Waals surface area contributed by atoms with Gasteiger partial charge in [-0.2, -0.15) is 0 Å². The predicted octanol–water partition coefficient (Wildman–Crippen LogP) is 3.81. The average Bonchev–Trinajstić information content (AvgIpc) is 3.01. The number of carbonyl (C=O) groups is 6. The molecule has 0 aliphatic rings. The zero-order valence-electron chi connectivity index (χ0n) is 21.8. The van der Waals surface area contributed by atoms with Crippen LogP contribution in [-0.4, -0.2) is 49.4 Å². The van der Waals surface area contributed by atoms with E-state index in [2.05, 4.69) is 22.6 Å². The van der Waals surface area contributed by atoms with Gasteiger partial charge >= 0.3 is 35.8 Å². The van der Waals surface area contributed by atoms with Gasteiger partial charge in [-0.1, -0.05) is 13.2 Å². The van der Waals surface area contributed by atoms with E-state index in [1.807, 2.05) is 0 Å². The molecule has 12 heteroatoms. The van der Waals surface area contributed by atoms with Crippen LogP contribution in [-0.2, 0) is 28.5 Å². The SMILES string of the molecule is C=CC(=O)OCOC(=O)c1ccc(OC(=O)c2ccc(OC(=O)c3ccc(C(=O)OCOC(=O)C=C)cc3)cc2)cc1. The maximum Gasteiger partial charge on any atom is 0.343 e. The van der Waals surface area contributed by atoms with Crippen LogP contribution >= 0.6 is 0 Å². The fourth-order valence-corrected chi connectivity index (χ4v) is 2.96. The Morgan fingerprint density at radius 3 is 1.05 bits per heavy atom. The van der Waals surface area contributed by atoms with Crippen molar-refractivity contribution in [2.24, 2.45) is 0 Å². The van der Waals surface area contributed by atoms with Crippen molar-refractivity contribution in [3.05, 3.63) is 120 Å². The second kappa shape index (κ2) is 14.9. The van der Waals surface area contributed by atoms with Crippen molar-refractivity contribution >= 4 is 35.8 Å². The molecule has 0 N–H and O–H groups in total. The van der Waals surface area contributed by atoms with E-state index in [1.165, 1.54) is 72.8 Å². The second-order valence-corrected chi connectivity index (χ2v) is 7.84. The third-order valence-electron chi connectivity index (χ3n) is 5.07. The summed E-state index contributed by atoms with van der Waals surface area (Å²) in [5.74, 6) is -4.14. The number of benzene rings is 3. The highest BCUT2D eigenvalue weighted by molar-refractivity contribution is 5.95. The summed E-state index contributed by atoms with van der Waals surface area (Å²) >= 11 is 0. The maximum absolute atomic E-state index is 12.5. The second-order valence-electron chi connectivity index (χ2n) is 7.84. The summed E-state index contributed by atoms with van der Waals surface area (Å²) in [6.45, 7) is 5.27. The molecule has 3 aromatic carbocycles. The van der Waals surface area contributed by atoms with Crippen LogP contribution in [0.5, 0.6) is 11.5 Å². The Morgan fingerprint density at radius 2 is 0.738 bits per heavy atom. The highest BCUT2D eigenvalue weighted by Gasteiger charge is 2.15. The number of rotatable bonds is 12. The summed E-state index contributed by atoms with van der Waals surface area (Å²) in [5.41, 5.74) is 0.545. The van der Waals surface area contributed by atoms with E-state index in [9.17, 15) is 28.8 Å². The van der Waals surface area contributed by atoms with E-state index in [0.29, 0.717) is 0 Å². The minimum atomic E-state index is -0.767. The van der Waals surface area contributed by atoms with E-state index in [1.54, 1.807) is 0 Å². The molecule has 0 radical (unpaired) electrons. The Hall–Kier alpha value is -6.04. The van der Waals surface area contributed by atoms with Crippen molar-refractivity contribution < 1.29 is 57.2 Å². The molecule has 0 atom stereocenters. The number of hydrogen-bond acceptors (Lipinski definition) is 12. The molecule has 0 fully saturated rings. The summed E-state index contributed by atoms with van der Waals surface area (Å²) < 4.78 is 29.3. The van der Waals surface area contributed by atoms with Crippen molar-refractivity contribution in [2.75, 3.05) is 13.6 Å². The molecule has 0 saturated carbocycles. The van der Waals surface area contributed by atoms with E-state index in [-0.39, 0.29) is 33.8 Å². The Kier molecular flexibility index (Phi) is 10.8. The molecular formula is C30H22O12. The fraction of sp³-hybridized carbons (Fsp3) is 0.0667. The van der Waals surface area contributed by atoms with E-state index in [4.69, 9.17) is 18.9 Å². The fourth-order valence-electron chi connectivity index (χ4n) is 2.96. The Labute approximate surface area is 238 Å². The van der Waals surface area contributed by atoms with Gasteiger partial charge in [0.05, 0.1) is 22.3 Å². The van der Waals surface area contributed by atoms with Crippen LogP contribution in [0.2, 0.25) is 0 Å². The molecule has 0 saturated heterocycles. The minimum Gasteiger partial charge on any atom is -0.425 e. The van der Waals surface area contributed by atoms with Crippen LogP contribution in [0.3, 0.4) is 0 Å². The standard InChI is InChI=1S/C30H22O12/c1-3-25(31)37-17-39-27(33)19-5-7-21(8-6-19)29(35)41-24-15-11-22(12-16-24)30(36)42-23-13-9-20(10-14-23)28(34)40-18-38-26(32)4-2/h3-16H,1-2,17-18H2. The van der Waals surface area contributed by atoms with Crippen LogP contribution in [0.15, 0.2) is 98.1 Å². The molecule has 42 heavy (non-hydrogen) atoms. The van der Waals surface area contributed by atoms with Crippen LogP contribution in [0.25, 0.3) is 0 Å². The van der Waals surface area contributed by atoms with Crippen LogP contribution in [0.1, 0.15) is 41.4 Å². The summed E-state index contributed by atoms with van der Waals surface area (Å²) in [7, 11) is 0. The Balaban J connectivity index is 1.49. The van der Waals surface area contributed by atoms with Gasteiger partial charge in [0.25, 0.3) is 0 Å². The molecule has 0 aliphatic carbocycles. The molecule has 0 aromatic heterocycles. The average molecular weight is 574 g/mol. The molecule has 0 amide bonds. The highest BCUT2D eigenvalue weighted by Crippen LogP contribution is 2.18. The summed E-state index contributed by atoms with van der Waals surface area (Å²) in [6.07, 6.45) is 1.85. The molecule has 0 unspecified atom stereocenters. The summed E-state index contributed by atoms with van der Waals surface area (Å²) in [5, 5.41) is 0. The van der Waals surface area contributed by atoms with Gasteiger partial charge < -0.3 is 28.4 Å². The molecule has 0 aliphatic heterocycles. The third kappa shape index (κ3) is 9.02. The maximum atomic E-state index is 12.5. The highest BCUT2D eigenvalue weighted by atomic mass is 16.7. The van der Waals surface area contributed by atoms with Gasteiger partial charge in [-0.25, -0.2) is 28.8 Å². The van der Waals surface area contributed by atoms with Crippen molar-refractivity contribution in [3.8, 4) is 11.5 Å². The normalized spacial score (nSPS) is 9.90. The number of carbonyl (C=O) groups excluding carboxylic acids is 6. The van der Waals surface area contributed by atoms with Gasteiger partial charge in [-0.15, -0.1) is 0 Å². The van der Waals surface area contributed by atoms with Crippen LogP contribution in [0.4, 0.5) is 0 Å². The van der Waals surface area contributed by atoms with Crippen molar-refractivity contribution in [3.63, 3.8) is 0 Å². The lowest BCUT2D eigenvalue weighted by Crippen LogP contribution is -2.13. The van der Waals surface area contributed by atoms with Crippen molar-refractivity contribution in [1.29, 1.82) is 0 Å². The quantitative estimate of drug-likeness (QED) is 0.133. The predicted molar refractivity (Wildman–Crippen MR) is 142 cm³/mol. The van der Waals surface area contributed by atoms with Gasteiger partial charge in [0.15, 0.2) is 0 Å². The smallest absolute Gasteiger partial charge is 0.343 e. The molecule has 214 valence electrons. The van der Waals surface area contributed by atoms with E-state index >= 15 is 0 Å². The first-order valence-corrected chi connectivity index (χ1v) is 11.9. The summed E-state index contributed by atoms with van der Waals surface area (Å²) in [4.78, 5) is 70.8. The van der Waals surface area contributed by atoms with Crippen LogP contribution in [0, 0.1) is 0 Å². The lowest BCUT2D eigenvalue weighted by molar-refractivity contribution is -0.147. The van der Waals surface area contributed by atoms with E-state index < -0.39 is 49.4 Å². The number of hydrogen-bond donors (Lipinski definition) is 0. The Bertz CT molecular complexity index is 1490. The molecule has 12 nitrogen and oxygen atoms in total. The molecular weight excluding hydrogens is 552 g/mol.